The summed E-state index contributed by atoms with van der Waals surface area (Å²) in [5.74, 6) is 1.16. The Morgan fingerprint density at radius 2 is 2.17 bits per heavy atom. The highest BCUT2D eigenvalue weighted by Gasteiger charge is 2.42. The topological polar surface area (TPSA) is 66.0 Å². The van der Waals surface area contributed by atoms with E-state index in [1.807, 2.05) is 25.7 Å². The molecule has 0 radical (unpaired) electrons. The van der Waals surface area contributed by atoms with E-state index >= 15 is 0 Å². The van der Waals surface area contributed by atoms with Crippen molar-refractivity contribution in [2.24, 2.45) is 16.3 Å². The predicted octanol–water partition coefficient (Wildman–Crippen LogP) is 1.62. The van der Waals surface area contributed by atoms with E-state index in [0.717, 1.165) is 51.6 Å². The smallest absolute Gasteiger partial charge is 0.225 e. The van der Waals surface area contributed by atoms with Crippen molar-refractivity contribution >= 4 is 11.9 Å². The minimum atomic E-state index is 0.0706. The lowest BCUT2D eigenvalue weighted by Crippen LogP contribution is -2.46. The third-order valence-corrected chi connectivity index (χ3v) is 5.13. The highest BCUT2D eigenvalue weighted by atomic mass is 16.5. The molecule has 1 unspecified atom stereocenters. The second kappa shape index (κ2) is 8.70. The fourth-order valence-electron chi connectivity index (χ4n) is 3.23. The molecule has 0 aromatic heterocycles. The van der Waals surface area contributed by atoms with Gasteiger partial charge in [0.25, 0.3) is 0 Å². The van der Waals surface area contributed by atoms with Crippen LogP contribution in [0.5, 0.6) is 0 Å². The molecule has 0 spiro atoms. The molecule has 1 aliphatic heterocycles. The van der Waals surface area contributed by atoms with Crippen molar-refractivity contribution in [2.45, 2.75) is 52.5 Å². The number of hydrogen-bond acceptors (Lipinski definition) is 3. The Bertz CT molecular complexity index is 446. The predicted molar refractivity (Wildman–Crippen MR) is 97.1 cm³/mol. The standard InChI is InChI=1S/C18H34N4O2/c1-5-24-11-9-18(7-8-18)13-20-17(19-4)21-15-6-10-22(12-15)16(23)14(2)3/h14-15H,5-13H2,1-4H3,(H2,19,20,21). The molecule has 1 aliphatic carbocycles. The molecule has 138 valence electrons. The number of likely N-dealkylation sites (tertiary alicyclic amines) is 1. The first-order valence-electron chi connectivity index (χ1n) is 9.33. The molecule has 0 aromatic rings. The van der Waals surface area contributed by atoms with E-state index in [1.165, 1.54) is 12.8 Å². The average Bonchev–Trinajstić information content (AvgIpc) is 3.18. The Hall–Kier alpha value is -1.30. The van der Waals surface area contributed by atoms with Crippen LogP contribution in [0.15, 0.2) is 4.99 Å². The van der Waals surface area contributed by atoms with Gasteiger partial charge in [-0.3, -0.25) is 9.79 Å². The molecule has 1 saturated heterocycles. The molecule has 0 aromatic carbocycles. The zero-order valence-electron chi connectivity index (χ0n) is 15.7. The van der Waals surface area contributed by atoms with Crippen LogP contribution in [0.2, 0.25) is 0 Å². The van der Waals surface area contributed by atoms with E-state index in [4.69, 9.17) is 4.74 Å². The number of amides is 1. The maximum Gasteiger partial charge on any atom is 0.225 e. The van der Waals surface area contributed by atoms with E-state index in [-0.39, 0.29) is 17.9 Å². The van der Waals surface area contributed by atoms with Gasteiger partial charge in [-0.2, -0.15) is 0 Å². The number of carbonyl (C=O) groups excluding carboxylic acids is 1. The highest BCUT2D eigenvalue weighted by molar-refractivity contribution is 5.81. The van der Waals surface area contributed by atoms with E-state index in [1.54, 1.807) is 7.05 Å². The van der Waals surface area contributed by atoms with Crippen molar-refractivity contribution in [1.29, 1.82) is 0 Å². The lowest BCUT2D eigenvalue weighted by atomic mass is 10.0. The number of carbonyl (C=O) groups is 1. The first kappa shape index (κ1) is 19.0. The van der Waals surface area contributed by atoms with Gasteiger partial charge < -0.3 is 20.3 Å². The number of ether oxygens (including phenoxy) is 1. The van der Waals surface area contributed by atoms with Gasteiger partial charge in [-0.1, -0.05) is 13.8 Å². The number of nitrogens with one attached hydrogen (secondary N) is 2. The third-order valence-electron chi connectivity index (χ3n) is 5.13. The summed E-state index contributed by atoms with van der Waals surface area (Å²) in [4.78, 5) is 18.4. The second-order valence-electron chi connectivity index (χ2n) is 7.44. The molecular formula is C18H34N4O2. The van der Waals surface area contributed by atoms with Crippen molar-refractivity contribution in [3.63, 3.8) is 0 Å². The van der Waals surface area contributed by atoms with Crippen LogP contribution in [0.25, 0.3) is 0 Å². The van der Waals surface area contributed by atoms with Crippen molar-refractivity contribution < 1.29 is 9.53 Å². The van der Waals surface area contributed by atoms with Gasteiger partial charge in [-0.25, -0.2) is 0 Å². The second-order valence-corrected chi connectivity index (χ2v) is 7.44. The zero-order chi connectivity index (χ0) is 17.6. The minimum absolute atomic E-state index is 0.0706. The molecule has 0 bridgehead atoms. The van der Waals surface area contributed by atoms with Gasteiger partial charge in [0.1, 0.15) is 0 Å². The summed E-state index contributed by atoms with van der Waals surface area (Å²) in [6, 6.07) is 0.289. The van der Waals surface area contributed by atoms with Gasteiger partial charge in [-0.05, 0) is 38.0 Å². The van der Waals surface area contributed by atoms with E-state index in [0.29, 0.717) is 5.41 Å². The molecular weight excluding hydrogens is 304 g/mol. The van der Waals surface area contributed by atoms with Crippen molar-refractivity contribution in [2.75, 3.05) is 39.9 Å². The fraction of sp³-hybridized carbons (Fsp3) is 0.889. The van der Waals surface area contributed by atoms with Crippen LogP contribution in [0.3, 0.4) is 0 Å². The first-order chi connectivity index (χ1) is 11.5. The van der Waals surface area contributed by atoms with Crippen molar-refractivity contribution in [3.05, 3.63) is 0 Å². The Morgan fingerprint density at radius 3 is 2.75 bits per heavy atom. The molecule has 2 fully saturated rings. The summed E-state index contributed by atoms with van der Waals surface area (Å²) in [5.41, 5.74) is 0.391. The van der Waals surface area contributed by atoms with Crippen LogP contribution in [-0.2, 0) is 9.53 Å². The maximum absolute atomic E-state index is 12.1. The Morgan fingerprint density at radius 1 is 1.42 bits per heavy atom. The van der Waals surface area contributed by atoms with Crippen LogP contribution < -0.4 is 10.6 Å². The molecule has 6 heteroatoms. The summed E-state index contributed by atoms with van der Waals surface area (Å²) in [6.45, 7) is 10.2. The van der Waals surface area contributed by atoms with Gasteiger partial charge in [0.15, 0.2) is 5.96 Å². The van der Waals surface area contributed by atoms with E-state index < -0.39 is 0 Å². The monoisotopic (exact) mass is 338 g/mol. The summed E-state index contributed by atoms with van der Waals surface area (Å²) in [7, 11) is 1.81. The summed E-state index contributed by atoms with van der Waals surface area (Å²) in [5, 5.41) is 6.94. The normalized spacial score (nSPS) is 22.8. The summed E-state index contributed by atoms with van der Waals surface area (Å²) in [6.07, 6.45) is 4.63. The zero-order valence-corrected chi connectivity index (χ0v) is 15.7. The van der Waals surface area contributed by atoms with Gasteiger partial charge >= 0.3 is 0 Å². The molecule has 2 N–H and O–H groups in total. The highest BCUT2D eigenvalue weighted by Crippen LogP contribution is 2.48. The summed E-state index contributed by atoms with van der Waals surface area (Å²) >= 11 is 0. The number of aliphatic imine (C=N–C) groups is 1. The van der Waals surface area contributed by atoms with Gasteiger partial charge in [-0.15, -0.1) is 0 Å². The molecule has 6 nitrogen and oxygen atoms in total. The van der Waals surface area contributed by atoms with Crippen molar-refractivity contribution in [3.8, 4) is 0 Å². The van der Waals surface area contributed by atoms with Crippen LogP contribution in [0.1, 0.15) is 46.5 Å². The Labute approximate surface area is 146 Å². The van der Waals surface area contributed by atoms with Gasteiger partial charge in [0, 0.05) is 51.9 Å². The quantitative estimate of drug-likeness (QED) is 0.401. The van der Waals surface area contributed by atoms with Crippen LogP contribution >= 0.6 is 0 Å². The Balaban J connectivity index is 1.72. The number of nitrogens with zero attached hydrogens (tertiary/aromatic N) is 2. The largest absolute Gasteiger partial charge is 0.382 e. The summed E-state index contributed by atoms with van der Waals surface area (Å²) < 4.78 is 5.49. The number of guanidine groups is 1. The van der Waals surface area contributed by atoms with Crippen LogP contribution in [-0.4, -0.2) is 62.7 Å². The number of rotatable bonds is 8. The third kappa shape index (κ3) is 5.36. The van der Waals surface area contributed by atoms with E-state index in [9.17, 15) is 4.79 Å². The lowest BCUT2D eigenvalue weighted by molar-refractivity contribution is -0.133. The average molecular weight is 338 g/mol. The molecule has 1 heterocycles. The molecule has 2 aliphatic rings. The van der Waals surface area contributed by atoms with Crippen LogP contribution in [0.4, 0.5) is 0 Å². The van der Waals surface area contributed by atoms with Gasteiger partial charge in [0.2, 0.25) is 5.91 Å². The minimum Gasteiger partial charge on any atom is -0.382 e. The number of hydrogen-bond donors (Lipinski definition) is 2. The fourth-order valence-corrected chi connectivity index (χ4v) is 3.23. The van der Waals surface area contributed by atoms with E-state index in [2.05, 4.69) is 15.6 Å². The molecule has 1 atom stereocenters. The Kier molecular flexibility index (Phi) is 6.90. The molecule has 1 amide bonds. The van der Waals surface area contributed by atoms with Crippen molar-refractivity contribution in [1.82, 2.24) is 15.5 Å². The SMILES string of the molecule is CCOCCC1(CNC(=NC)NC2CCN(C(=O)C(C)C)C2)CC1. The molecule has 24 heavy (non-hydrogen) atoms. The lowest BCUT2D eigenvalue weighted by Gasteiger charge is -2.22. The maximum atomic E-state index is 12.1. The molecule has 1 saturated carbocycles. The molecule has 2 rings (SSSR count). The van der Waals surface area contributed by atoms with Crippen LogP contribution in [0, 0.1) is 11.3 Å². The first-order valence-corrected chi connectivity index (χ1v) is 9.33. The van der Waals surface area contributed by atoms with Gasteiger partial charge in [0.05, 0.1) is 0 Å².